The van der Waals surface area contributed by atoms with Gasteiger partial charge in [-0.25, -0.2) is 4.98 Å². The van der Waals surface area contributed by atoms with E-state index in [-0.39, 0.29) is 13.2 Å². The summed E-state index contributed by atoms with van der Waals surface area (Å²) < 4.78 is 35.8. The maximum Gasteiger partial charge on any atom is 0.267 e. The minimum absolute atomic E-state index is 0.101. The van der Waals surface area contributed by atoms with Crippen molar-refractivity contribution in [2.75, 3.05) is 23.4 Å². The Morgan fingerprint density at radius 2 is 1.60 bits per heavy atom. The molecule has 7 nitrogen and oxygen atoms in total. The number of rotatable bonds is 7. The van der Waals surface area contributed by atoms with Crippen LogP contribution in [0.1, 0.15) is 5.56 Å². The van der Waals surface area contributed by atoms with Gasteiger partial charge in [0, 0.05) is 22.1 Å². The van der Waals surface area contributed by atoms with Crippen LogP contribution in [0.15, 0.2) is 66.7 Å². The van der Waals surface area contributed by atoms with Gasteiger partial charge in [0.1, 0.15) is 0 Å². The number of nitrogens with one attached hydrogen (secondary N) is 1. The maximum absolute atomic E-state index is 10.8. The standard InChI is InChI=1S/C22H21N3O4S/c23-16-11-15(14-29-9-10-30(26,27)28)12-17(13-16)24-22-18-5-1-3-7-20(18)25-21-8-4-2-6-19(21)22/h1-8,11-13H,9-10,14,23H2,(H,24,25)(H,26,27,28). The molecule has 0 aliphatic heterocycles. The van der Waals surface area contributed by atoms with Crippen molar-refractivity contribution in [3.05, 3.63) is 72.3 Å². The van der Waals surface area contributed by atoms with Crippen molar-refractivity contribution >= 4 is 49.0 Å². The third-order valence-electron chi connectivity index (χ3n) is 4.63. The Balaban J connectivity index is 1.65. The zero-order valence-corrected chi connectivity index (χ0v) is 16.9. The predicted molar refractivity (Wildman–Crippen MR) is 119 cm³/mol. The molecule has 4 aromatic rings. The molecule has 8 heteroatoms. The summed E-state index contributed by atoms with van der Waals surface area (Å²) in [4.78, 5) is 4.73. The number of nitrogen functional groups attached to an aromatic ring is 1. The summed E-state index contributed by atoms with van der Waals surface area (Å²) >= 11 is 0. The van der Waals surface area contributed by atoms with Gasteiger partial charge in [0.15, 0.2) is 0 Å². The number of nitrogens with zero attached hydrogens (tertiary/aromatic N) is 1. The van der Waals surface area contributed by atoms with E-state index in [1.807, 2.05) is 60.7 Å². The molecule has 154 valence electrons. The van der Waals surface area contributed by atoms with Gasteiger partial charge in [-0.1, -0.05) is 36.4 Å². The molecule has 0 unspecified atom stereocenters. The molecule has 3 aromatic carbocycles. The molecule has 0 amide bonds. The molecular weight excluding hydrogens is 402 g/mol. The number of pyridine rings is 1. The van der Waals surface area contributed by atoms with E-state index in [1.54, 1.807) is 6.07 Å². The van der Waals surface area contributed by atoms with Gasteiger partial charge < -0.3 is 15.8 Å². The first-order valence-electron chi connectivity index (χ1n) is 9.36. The van der Waals surface area contributed by atoms with Gasteiger partial charge in [-0.15, -0.1) is 0 Å². The SMILES string of the molecule is Nc1cc(COCCS(=O)(=O)O)cc(Nc2c3ccccc3nc3ccccc23)c1. The Bertz CT molecular complexity index is 1270. The van der Waals surface area contributed by atoms with Gasteiger partial charge in [-0.05, 0) is 35.9 Å². The molecule has 0 bridgehead atoms. The fourth-order valence-electron chi connectivity index (χ4n) is 3.35. The second kappa shape index (κ2) is 8.27. The number of fused-ring (bicyclic) bond motifs is 2. The molecule has 0 fully saturated rings. The molecule has 4 N–H and O–H groups in total. The Morgan fingerprint density at radius 1 is 0.967 bits per heavy atom. The van der Waals surface area contributed by atoms with Crippen LogP contribution in [0.3, 0.4) is 0 Å². The summed E-state index contributed by atoms with van der Waals surface area (Å²) in [7, 11) is -4.05. The number of aromatic nitrogens is 1. The van der Waals surface area contributed by atoms with Crippen molar-refractivity contribution in [2.24, 2.45) is 0 Å². The first-order valence-corrected chi connectivity index (χ1v) is 11.0. The quantitative estimate of drug-likeness (QED) is 0.177. The lowest BCUT2D eigenvalue weighted by Crippen LogP contribution is -2.10. The van der Waals surface area contributed by atoms with E-state index in [1.165, 1.54) is 0 Å². The fraction of sp³-hybridized carbons (Fsp3) is 0.136. The van der Waals surface area contributed by atoms with E-state index in [2.05, 4.69) is 5.32 Å². The second-order valence-corrected chi connectivity index (χ2v) is 8.52. The Kier molecular flexibility index (Phi) is 5.54. The van der Waals surface area contributed by atoms with Crippen molar-refractivity contribution < 1.29 is 17.7 Å². The molecule has 4 rings (SSSR count). The number of hydrogen-bond donors (Lipinski definition) is 3. The number of benzene rings is 3. The van der Waals surface area contributed by atoms with Crippen molar-refractivity contribution in [1.82, 2.24) is 4.98 Å². The lowest BCUT2D eigenvalue weighted by Gasteiger charge is -2.15. The number of nitrogens with two attached hydrogens (primary N) is 1. The lowest BCUT2D eigenvalue weighted by molar-refractivity contribution is 0.134. The topological polar surface area (TPSA) is 115 Å². The Hall–Kier alpha value is -3.20. The summed E-state index contributed by atoms with van der Waals surface area (Å²) in [6, 6.07) is 21.3. The molecule has 0 radical (unpaired) electrons. The van der Waals surface area contributed by atoms with Crippen LogP contribution in [0.25, 0.3) is 21.8 Å². The highest BCUT2D eigenvalue weighted by molar-refractivity contribution is 7.85. The molecule has 1 aromatic heterocycles. The molecule has 0 aliphatic carbocycles. The second-order valence-electron chi connectivity index (χ2n) is 6.95. The van der Waals surface area contributed by atoms with Crippen LogP contribution in [0.5, 0.6) is 0 Å². The van der Waals surface area contributed by atoms with Crippen LogP contribution in [0.4, 0.5) is 17.1 Å². The summed E-state index contributed by atoms with van der Waals surface area (Å²) in [5, 5.41) is 5.46. The highest BCUT2D eigenvalue weighted by atomic mass is 32.2. The zero-order chi connectivity index (χ0) is 21.1. The zero-order valence-electron chi connectivity index (χ0n) is 16.1. The molecule has 0 atom stereocenters. The van der Waals surface area contributed by atoms with Crippen molar-refractivity contribution in [1.29, 1.82) is 0 Å². The van der Waals surface area contributed by atoms with E-state index in [9.17, 15) is 8.42 Å². The van der Waals surface area contributed by atoms with E-state index >= 15 is 0 Å². The maximum atomic E-state index is 10.8. The third kappa shape index (κ3) is 4.68. The van der Waals surface area contributed by atoms with E-state index in [4.69, 9.17) is 20.0 Å². The molecule has 0 aliphatic rings. The van der Waals surface area contributed by atoms with Gasteiger partial charge in [0.2, 0.25) is 0 Å². The average Bonchev–Trinajstić information content (AvgIpc) is 2.70. The van der Waals surface area contributed by atoms with Gasteiger partial charge in [-0.3, -0.25) is 4.55 Å². The Labute approximate surface area is 174 Å². The summed E-state index contributed by atoms with van der Waals surface area (Å²) in [5.74, 6) is -0.449. The first kappa shape index (κ1) is 20.1. The van der Waals surface area contributed by atoms with Gasteiger partial charge in [0.25, 0.3) is 10.1 Å². The molecule has 0 spiro atoms. The molecular formula is C22H21N3O4S. The van der Waals surface area contributed by atoms with E-state index in [0.29, 0.717) is 5.69 Å². The lowest BCUT2D eigenvalue weighted by atomic mass is 10.1. The monoisotopic (exact) mass is 423 g/mol. The van der Waals surface area contributed by atoms with Crippen LogP contribution < -0.4 is 11.1 Å². The molecule has 0 saturated carbocycles. The minimum atomic E-state index is -4.05. The van der Waals surface area contributed by atoms with Crippen LogP contribution in [0.2, 0.25) is 0 Å². The van der Waals surface area contributed by atoms with Crippen LogP contribution >= 0.6 is 0 Å². The Morgan fingerprint density at radius 3 is 2.23 bits per heavy atom. The average molecular weight is 423 g/mol. The van der Waals surface area contributed by atoms with Crippen LogP contribution in [0, 0.1) is 0 Å². The number of anilines is 3. The highest BCUT2D eigenvalue weighted by Gasteiger charge is 2.10. The summed E-state index contributed by atoms with van der Waals surface area (Å²) in [6.07, 6.45) is 0. The van der Waals surface area contributed by atoms with Gasteiger partial charge in [-0.2, -0.15) is 8.42 Å². The summed E-state index contributed by atoms with van der Waals surface area (Å²) in [6.45, 7) is 0.0725. The van der Waals surface area contributed by atoms with Gasteiger partial charge in [0.05, 0.1) is 35.7 Å². The summed E-state index contributed by atoms with van der Waals surface area (Å²) in [5.41, 5.74) is 10.9. The first-order chi connectivity index (χ1) is 14.4. The largest absolute Gasteiger partial charge is 0.399 e. The van der Waals surface area contributed by atoms with Crippen LogP contribution in [-0.2, 0) is 21.5 Å². The normalized spacial score (nSPS) is 11.8. The number of hydrogen-bond acceptors (Lipinski definition) is 6. The van der Waals surface area contributed by atoms with E-state index in [0.717, 1.165) is 38.7 Å². The molecule has 0 saturated heterocycles. The van der Waals surface area contributed by atoms with Crippen molar-refractivity contribution in [2.45, 2.75) is 6.61 Å². The van der Waals surface area contributed by atoms with Crippen molar-refractivity contribution in [3.8, 4) is 0 Å². The van der Waals surface area contributed by atoms with Crippen molar-refractivity contribution in [3.63, 3.8) is 0 Å². The van der Waals surface area contributed by atoms with Crippen LogP contribution in [-0.4, -0.2) is 30.3 Å². The minimum Gasteiger partial charge on any atom is -0.399 e. The fourth-order valence-corrected chi connectivity index (χ4v) is 3.68. The van der Waals surface area contributed by atoms with E-state index < -0.39 is 15.9 Å². The number of ether oxygens (including phenoxy) is 1. The predicted octanol–water partition coefficient (Wildman–Crippen LogP) is 4.12. The highest BCUT2D eigenvalue weighted by Crippen LogP contribution is 2.33. The molecule has 30 heavy (non-hydrogen) atoms. The van der Waals surface area contributed by atoms with Gasteiger partial charge >= 0.3 is 0 Å². The smallest absolute Gasteiger partial charge is 0.267 e. The number of para-hydroxylation sites is 2. The molecule has 1 heterocycles. The third-order valence-corrected chi connectivity index (χ3v) is 5.31.